The molecule has 0 saturated heterocycles. The maximum Gasteiger partial charge on any atom is 0.337 e. The van der Waals surface area contributed by atoms with Gasteiger partial charge in [-0.3, -0.25) is 10.2 Å². The molecule has 0 atom stereocenters. The summed E-state index contributed by atoms with van der Waals surface area (Å²) in [7, 11) is 0. The minimum atomic E-state index is -1.16. The molecule has 0 bridgehead atoms. The molecule has 1 aliphatic heterocycles. The van der Waals surface area contributed by atoms with E-state index in [4.69, 9.17) is 0 Å². The van der Waals surface area contributed by atoms with Gasteiger partial charge in [0.2, 0.25) is 0 Å². The summed E-state index contributed by atoms with van der Waals surface area (Å²) in [5.41, 5.74) is 7.46. The molecule has 0 spiro atoms. The molecule has 1 fully saturated rings. The summed E-state index contributed by atoms with van der Waals surface area (Å²) in [6, 6.07) is 17.1. The summed E-state index contributed by atoms with van der Waals surface area (Å²) in [4.78, 5) is 25.4. The molecule has 0 unspecified atom stereocenters. The SMILES string of the molecule is Cc1ccc(N2N=C(C3CC3)C(=NNc3c(C(=O)O)cccc3-c3ccccc3O)C2=O)cc1C. The van der Waals surface area contributed by atoms with Crippen LogP contribution in [0.2, 0.25) is 0 Å². The Hall–Kier alpha value is -4.46. The summed E-state index contributed by atoms with van der Waals surface area (Å²) in [5.74, 6) is -1.39. The average molecular weight is 469 g/mol. The second kappa shape index (κ2) is 8.72. The van der Waals surface area contributed by atoms with Crippen molar-refractivity contribution < 1.29 is 19.8 Å². The van der Waals surface area contributed by atoms with Crippen LogP contribution in [-0.2, 0) is 4.79 Å². The molecule has 8 heteroatoms. The van der Waals surface area contributed by atoms with Crippen LogP contribution < -0.4 is 10.4 Å². The van der Waals surface area contributed by atoms with Crippen molar-refractivity contribution in [2.45, 2.75) is 26.7 Å². The fourth-order valence-electron chi connectivity index (χ4n) is 4.07. The van der Waals surface area contributed by atoms with E-state index in [1.54, 1.807) is 30.3 Å². The highest BCUT2D eigenvalue weighted by atomic mass is 16.4. The van der Waals surface area contributed by atoms with Crippen LogP contribution in [0.1, 0.15) is 34.3 Å². The number of hydrogen-bond donors (Lipinski definition) is 3. The van der Waals surface area contributed by atoms with Crippen molar-refractivity contribution in [2.75, 3.05) is 10.4 Å². The summed E-state index contributed by atoms with van der Waals surface area (Å²) in [6.07, 6.45) is 1.83. The topological polar surface area (TPSA) is 115 Å². The Kier molecular flexibility index (Phi) is 5.56. The first-order chi connectivity index (χ1) is 16.8. The molecule has 3 N–H and O–H groups in total. The first-order valence-corrected chi connectivity index (χ1v) is 11.3. The van der Waals surface area contributed by atoms with E-state index in [1.807, 2.05) is 32.0 Å². The molecular formula is C27H24N4O4. The second-order valence-electron chi connectivity index (χ2n) is 8.77. The number of amides is 1. The molecule has 8 nitrogen and oxygen atoms in total. The van der Waals surface area contributed by atoms with E-state index >= 15 is 0 Å². The zero-order valence-electron chi connectivity index (χ0n) is 19.3. The number of para-hydroxylation sites is 2. The van der Waals surface area contributed by atoms with Gasteiger partial charge < -0.3 is 10.2 Å². The number of anilines is 2. The fourth-order valence-corrected chi connectivity index (χ4v) is 4.07. The lowest BCUT2D eigenvalue weighted by Crippen LogP contribution is -2.29. The van der Waals surface area contributed by atoms with Gasteiger partial charge in [0.05, 0.1) is 22.6 Å². The van der Waals surface area contributed by atoms with Gasteiger partial charge in [0, 0.05) is 17.0 Å². The highest BCUT2D eigenvalue weighted by Gasteiger charge is 2.41. The molecule has 2 aliphatic rings. The van der Waals surface area contributed by atoms with Gasteiger partial charge in [-0.05, 0) is 62.1 Å². The van der Waals surface area contributed by atoms with Crippen molar-refractivity contribution in [1.82, 2.24) is 0 Å². The predicted octanol–water partition coefficient (Wildman–Crippen LogP) is 4.95. The Morgan fingerprint density at radius 1 is 1.03 bits per heavy atom. The largest absolute Gasteiger partial charge is 0.507 e. The third-order valence-corrected chi connectivity index (χ3v) is 6.31. The lowest BCUT2D eigenvalue weighted by Gasteiger charge is -2.14. The maximum absolute atomic E-state index is 13.4. The van der Waals surface area contributed by atoms with Gasteiger partial charge in [0.15, 0.2) is 5.71 Å². The average Bonchev–Trinajstić information content (AvgIpc) is 3.63. The van der Waals surface area contributed by atoms with Crippen LogP contribution >= 0.6 is 0 Å². The van der Waals surface area contributed by atoms with Crippen LogP contribution in [0.15, 0.2) is 70.9 Å². The van der Waals surface area contributed by atoms with Gasteiger partial charge in [-0.25, -0.2) is 4.79 Å². The minimum absolute atomic E-state index is 0.00355. The van der Waals surface area contributed by atoms with Gasteiger partial charge in [0.25, 0.3) is 0 Å². The smallest absolute Gasteiger partial charge is 0.337 e. The first-order valence-electron chi connectivity index (χ1n) is 11.3. The number of carbonyl (C=O) groups is 2. The minimum Gasteiger partial charge on any atom is -0.507 e. The quantitative estimate of drug-likeness (QED) is 0.443. The van der Waals surface area contributed by atoms with E-state index in [0.717, 1.165) is 24.0 Å². The molecule has 0 aromatic heterocycles. The monoisotopic (exact) mass is 468 g/mol. The molecule has 1 amide bonds. The Bertz CT molecular complexity index is 1420. The van der Waals surface area contributed by atoms with Crippen LogP contribution in [0, 0.1) is 19.8 Å². The van der Waals surface area contributed by atoms with Crippen LogP contribution in [0.25, 0.3) is 11.1 Å². The molecule has 1 aliphatic carbocycles. The summed E-state index contributed by atoms with van der Waals surface area (Å²) < 4.78 is 0. The number of hydrazone groups is 2. The highest BCUT2D eigenvalue weighted by Crippen LogP contribution is 2.38. The van der Waals surface area contributed by atoms with Gasteiger partial charge in [-0.15, -0.1) is 0 Å². The molecule has 176 valence electrons. The Labute approximate surface area is 202 Å². The van der Waals surface area contributed by atoms with Crippen LogP contribution in [0.3, 0.4) is 0 Å². The fraction of sp³-hybridized carbons (Fsp3) is 0.185. The number of phenols is 1. The van der Waals surface area contributed by atoms with E-state index in [0.29, 0.717) is 22.5 Å². The number of carboxylic acids is 1. The lowest BCUT2D eigenvalue weighted by molar-refractivity contribution is -0.112. The Balaban J connectivity index is 1.56. The number of carboxylic acid groups (broad SMARTS) is 1. The summed E-state index contributed by atoms with van der Waals surface area (Å²) >= 11 is 0. The van der Waals surface area contributed by atoms with E-state index < -0.39 is 5.97 Å². The van der Waals surface area contributed by atoms with Crippen molar-refractivity contribution in [3.05, 3.63) is 77.4 Å². The number of benzene rings is 3. The van der Waals surface area contributed by atoms with Crippen LogP contribution in [0.4, 0.5) is 11.4 Å². The molecule has 1 heterocycles. The molecule has 3 aromatic rings. The van der Waals surface area contributed by atoms with Crippen molar-refractivity contribution in [3.63, 3.8) is 0 Å². The van der Waals surface area contributed by atoms with Crippen molar-refractivity contribution in [3.8, 4) is 16.9 Å². The third kappa shape index (κ3) is 4.14. The normalized spacial score (nSPS) is 16.5. The van der Waals surface area contributed by atoms with Crippen LogP contribution in [-0.4, -0.2) is 33.5 Å². The Morgan fingerprint density at radius 3 is 2.46 bits per heavy atom. The van der Waals surface area contributed by atoms with E-state index in [2.05, 4.69) is 15.6 Å². The molecular weight excluding hydrogens is 444 g/mol. The number of nitrogens with zero attached hydrogens (tertiary/aromatic N) is 3. The van der Waals surface area contributed by atoms with Gasteiger partial charge in [-0.2, -0.15) is 15.2 Å². The third-order valence-electron chi connectivity index (χ3n) is 6.31. The number of carbonyl (C=O) groups excluding carboxylic acids is 1. The van der Waals surface area contributed by atoms with Crippen LogP contribution in [0.5, 0.6) is 5.75 Å². The molecule has 0 radical (unpaired) electrons. The van der Waals surface area contributed by atoms with Gasteiger partial charge in [0.1, 0.15) is 5.75 Å². The lowest BCUT2D eigenvalue weighted by atomic mass is 9.99. The molecule has 35 heavy (non-hydrogen) atoms. The van der Waals surface area contributed by atoms with E-state index in [9.17, 15) is 19.8 Å². The van der Waals surface area contributed by atoms with Crippen molar-refractivity contribution in [2.24, 2.45) is 16.1 Å². The number of phenolic OH excluding ortho intramolecular Hbond substituents is 1. The molecule has 1 saturated carbocycles. The highest BCUT2D eigenvalue weighted by molar-refractivity contribution is 6.72. The second-order valence-corrected chi connectivity index (χ2v) is 8.77. The number of rotatable bonds is 6. The first kappa shape index (κ1) is 22.3. The predicted molar refractivity (Wildman–Crippen MR) is 135 cm³/mol. The number of aryl methyl sites for hydroxylation is 2. The standard InChI is InChI=1S/C27H24N4O4/c1-15-10-13-18(14-16(15)2)31-26(33)25(23(30-31)17-11-12-17)29-28-24-20(7-5-8-21(24)27(34)35)19-6-3-4-9-22(19)32/h3-10,13-14,17,28,32H,11-12H2,1-2H3,(H,34,35). The zero-order valence-corrected chi connectivity index (χ0v) is 19.3. The number of hydrogen-bond acceptors (Lipinski definition) is 6. The molecule has 5 rings (SSSR count). The van der Waals surface area contributed by atoms with E-state index in [-0.39, 0.29) is 34.5 Å². The summed E-state index contributed by atoms with van der Waals surface area (Å²) in [6.45, 7) is 3.98. The maximum atomic E-state index is 13.4. The van der Waals surface area contributed by atoms with Crippen molar-refractivity contribution >= 4 is 34.7 Å². The molecule has 3 aromatic carbocycles. The van der Waals surface area contributed by atoms with E-state index in [1.165, 1.54) is 17.1 Å². The van der Waals surface area contributed by atoms with Gasteiger partial charge >= 0.3 is 11.9 Å². The number of aromatic hydroxyl groups is 1. The Morgan fingerprint density at radius 2 is 1.77 bits per heavy atom. The number of aromatic carboxylic acids is 1. The summed E-state index contributed by atoms with van der Waals surface area (Å²) in [5, 5.41) is 30.5. The number of nitrogens with one attached hydrogen (secondary N) is 1. The van der Waals surface area contributed by atoms with Crippen molar-refractivity contribution in [1.29, 1.82) is 0 Å². The van der Waals surface area contributed by atoms with Gasteiger partial charge in [-0.1, -0.05) is 36.4 Å². The zero-order chi connectivity index (χ0) is 24.7.